The Morgan fingerprint density at radius 1 is 1.31 bits per heavy atom. The van der Waals surface area contributed by atoms with Crippen LogP contribution in [0.4, 0.5) is 0 Å². The molecular weight excluding hydrogens is 204 g/mol. The molecule has 94 valence electrons. The van der Waals surface area contributed by atoms with Gasteiger partial charge in [-0.15, -0.1) is 0 Å². The molecule has 0 spiro atoms. The van der Waals surface area contributed by atoms with Crippen LogP contribution in [-0.2, 0) is 4.79 Å². The summed E-state index contributed by atoms with van der Waals surface area (Å²) in [5.74, 6) is 0.209. The zero-order valence-electron chi connectivity index (χ0n) is 10.5. The summed E-state index contributed by atoms with van der Waals surface area (Å²) in [7, 11) is 0. The maximum atomic E-state index is 12.0. The van der Waals surface area contributed by atoms with Gasteiger partial charge in [-0.3, -0.25) is 4.79 Å². The van der Waals surface area contributed by atoms with Crippen LogP contribution < -0.4 is 5.32 Å². The Kier molecular flexibility index (Phi) is 5.22. The number of hydrogen-bond acceptors (Lipinski definition) is 3. The van der Waals surface area contributed by atoms with E-state index >= 15 is 0 Å². The third kappa shape index (κ3) is 3.76. The van der Waals surface area contributed by atoms with Crippen LogP contribution in [0.25, 0.3) is 0 Å². The highest BCUT2D eigenvalue weighted by atomic mass is 16.2. The molecule has 0 aliphatic carbocycles. The van der Waals surface area contributed by atoms with Gasteiger partial charge in [0.15, 0.2) is 0 Å². The number of carbonyl (C=O) groups is 1. The van der Waals surface area contributed by atoms with E-state index in [1.165, 1.54) is 0 Å². The fourth-order valence-corrected chi connectivity index (χ4v) is 2.06. The Labute approximate surface area is 98.0 Å². The first kappa shape index (κ1) is 13.5. The van der Waals surface area contributed by atoms with Gasteiger partial charge >= 0.3 is 0 Å². The van der Waals surface area contributed by atoms with Crippen LogP contribution in [0, 0.1) is 0 Å². The zero-order valence-corrected chi connectivity index (χ0v) is 10.5. The van der Waals surface area contributed by atoms with Crippen molar-refractivity contribution in [2.45, 2.75) is 45.1 Å². The van der Waals surface area contributed by atoms with Crippen molar-refractivity contribution in [3.63, 3.8) is 0 Å². The third-order valence-electron chi connectivity index (χ3n) is 3.11. The molecule has 0 atom stereocenters. The highest BCUT2D eigenvalue weighted by Crippen LogP contribution is 2.13. The summed E-state index contributed by atoms with van der Waals surface area (Å²) in [4.78, 5) is 13.9. The molecule has 1 saturated heterocycles. The maximum absolute atomic E-state index is 12.0. The predicted octanol–water partition coefficient (Wildman–Crippen LogP) is 0.749. The number of nitrogens with zero attached hydrogens (tertiary/aromatic N) is 1. The summed E-state index contributed by atoms with van der Waals surface area (Å²) in [5, 5.41) is 11.9. The van der Waals surface area contributed by atoms with Crippen molar-refractivity contribution in [1.29, 1.82) is 0 Å². The lowest BCUT2D eigenvalue weighted by Crippen LogP contribution is -2.61. The van der Waals surface area contributed by atoms with Crippen LogP contribution in [0.2, 0.25) is 0 Å². The van der Waals surface area contributed by atoms with Crippen LogP contribution in [0.1, 0.15) is 39.5 Å². The Balaban J connectivity index is 2.23. The fraction of sp³-hybridized carbons (Fsp3) is 0.917. The van der Waals surface area contributed by atoms with Crippen molar-refractivity contribution in [3.8, 4) is 0 Å². The van der Waals surface area contributed by atoms with Crippen LogP contribution in [0.15, 0.2) is 0 Å². The number of nitrogens with one attached hydrogen (secondary N) is 1. The van der Waals surface area contributed by atoms with Crippen molar-refractivity contribution in [1.82, 2.24) is 10.2 Å². The summed E-state index contributed by atoms with van der Waals surface area (Å²) in [5.41, 5.74) is -0.399. The topological polar surface area (TPSA) is 52.6 Å². The summed E-state index contributed by atoms with van der Waals surface area (Å²) in [6.07, 6.45) is 4.07. The molecule has 0 aromatic carbocycles. The van der Waals surface area contributed by atoms with Crippen LogP contribution in [0.3, 0.4) is 0 Å². The van der Waals surface area contributed by atoms with Gasteiger partial charge in [0.1, 0.15) is 0 Å². The molecule has 0 aromatic heterocycles. The highest BCUT2D eigenvalue weighted by molar-refractivity contribution is 5.86. The van der Waals surface area contributed by atoms with Gasteiger partial charge in [-0.05, 0) is 26.7 Å². The second-order valence-corrected chi connectivity index (χ2v) is 4.98. The molecule has 4 nitrogen and oxygen atoms in total. The van der Waals surface area contributed by atoms with Gasteiger partial charge in [-0.2, -0.15) is 0 Å². The van der Waals surface area contributed by atoms with Gasteiger partial charge in [0.05, 0.1) is 5.54 Å². The summed E-state index contributed by atoms with van der Waals surface area (Å²) >= 11 is 0. The summed E-state index contributed by atoms with van der Waals surface area (Å²) in [6.45, 7) is 6.72. The molecule has 1 amide bonds. The number of hydrogen-bond donors (Lipinski definition) is 2. The molecule has 0 unspecified atom stereocenters. The molecule has 16 heavy (non-hydrogen) atoms. The van der Waals surface area contributed by atoms with E-state index in [-0.39, 0.29) is 12.5 Å². The van der Waals surface area contributed by atoms with E-state index in [4.69, 9.17) is 5.11 Å². The summed E-state index contributed by atoms with van der Waals surface area (Å²) in [6, 6.07) is 0. The SMILES string of the molecule is CC1(C)NCCN(CCCCCCO)C1=O. The average molecular weight is 228 g/mol. The second kappa shape index (κ2) is 6.21. The van der Waals surface area contributed by atoms with Gasteiger partial charge in [-0.25, -0.2) is 0 Å². The lowest BCUT2D eigenvalue weighted by molar-refractivity contribution is -0.139. The normalized spacial score (nSPS) is 20.2. The first-order valence-corrected chi connectivity index (χ1v) is 6.23. The molecule has 0 bridgehead atoms. The molecule has 2 N–H and O–H groups in total. The minimum Gasteiger partial charge on any atom is -0.396 e. The van der Waals surface area contributed by atoms with Crippen molar-refractivity contribution < 1.29 is 9.90 Å². The predicted molar refractivity (Wildman–Crippen MR) is 64.2 cm³/mol. The minimum absolute atomic E-state index is 0.209. The quantitative estimate of drug-likeness (QED) is 0.660. The molecular formula is C12H24N2O2. The first-order valence-electron chi connectivity index (χ1n) is 6.23. The van der Waals surface area contributed by atoms with E-state index in [0.717, 1.165) is 45.3 Å². The highest BCUT2D eigenvalue weighted by Gasteiger charge is 2.34. The van der Waals surface area contributed by atoms with Gasteiger partial charge < -0.3 is 15.3 Å². The number of carbonyl (C=O) groups excluding carboxylic acids is 1. The smallest absolute Gasteiger partial charge is 0.242 e. The number of aliphatic hydroxyl groups is 1. The van der Waals surface area contributed by atoms with Gasteiger partial charge in [-0.1, -0.05) is 12.8 Å². The Hall–Kier alpha value is -0.610. The molecule has 0 radical (unpaired) electrons. The Bertz CT molecular complexity index is 229. The monoisotopic (exact) mass is 228 g/mol. The molecule has 0 saturated carbocycles. The van der Waals surface area contributed by atoms with E-state index < -0.39 is 5.54 Å². The number of amides is 1. The Morgan fingerprint density at radius 2 is 2.00 bits per heavy atom. The average Bonchev–Trinajstić information content (AvgIpc) is 2.24. The molecule has 1 rings (SSSR count). The molecule has 1 fully saturated rings. The lowest BCUT2D eigenvalue weighted by atomic mass is 10.0. The van der Waals surface area contributed by atoms with Crippen LogP contribution in [-0.4, -0.2) is 47.7 Å². The number of rotatable bonds is 6. The number of unbranched alkanes of at least 4 members (excludes halogenated alkanes) is 3. The molecule has 1 aliphatic rings. The largest absolute Gasteiger partial charge is 0.396 e. The van der Waals surface area contributed by atoms with Gasteiger partial charge in [0.25, 0.3) is 0 Å². The minimum atomic E-state index is -0.399. The summed E-state index contributed by atoms with van der Waals surface area (Å²) < 4.78 is 0. The van der Waals surface area contributed by atoms with Crippen molar-refractivity contribution in [2.24, 2.45) is 0 Å². The maximum Gasteiger partial charge on any atom is 0.242 e. The lowest BCUT2D eigenvalue weighted by Gasteiger charge is -2.38. The van der Waals surface area contributed by atoms with E-state index in [0.29, 0.717) is 0 Å². The first-order chi connectivity index (χ1) is 7.58. The molecule has 1 aliphatic heterocycles. The molecule has 0 aromatic rings. The third-order valence-corrected chi connectivity index (χ3v) is 3.11. The van der Waals surface area contributed by atoms with E-state index in [1.54, 1.807) is 0 Å². The fourth-order valence-electron chi connectivity index (χ4n) is 2.06. The number of piperazine rings is 1. The molecule has 1 heterocycles. The van der Waals surface area contributed by atoms with Gasteiger partial charge in [0.2, 0.25) is 5.91 Å². The standard InChI is InChI=1S/C12H24N2O2/c1-12(2)11(16)14(9-7-13-12)8-5-3-4-6-10-15/h13,15H,3-10H2,1-2H3. The van der Waals surface area contributed by atoms with E-state index in [1.807, 2.05) is 18.7 Å². The van der Waals surface area contributed by atoms with Crippen molar-refractivity contribution in [3.05, 3.63) is 0 Å². The van der Waals surface area contributed by atoms with E-state index in [9.17, 15) is 4.79 Å². The molecule has 4 heteroatoms. The van der Waals surface area contributed by atoms with E-state index in [2.05, 4.69) is 5.32 Å². The van der Waals surface area contributed by atoms with Crippen molar-refractivity contribution in [2.75, 3.05) is 26.2 Å². The van der Waals surface area contributed by atoms with Crippen LogP contribution in [0.5, 0.6) is 0 Å². The number of aliphatic hydroxyl groups excluding tert-OH is 1. The van der Waals surface area contributed by atoms with Crippen LogP contribution >= 0.6 is 0 Å². The Morgan fingerprint density at radius 3 is 2.69 bits per heavy atom. The van der Waals surface area contributed by atoms with Gasteiger partial charge in [0, 0.05) is 26.2 Å². The van der Waals surface area contributed by atoms with Crippen molar-refractivity contribution >= 4 is 5.91 Å². The second-order valence-electron chi connectivity index (χ2n) is 4.98. The zero-order chi connectivity index (χ0) is 12.0.